The average Bonchev–Trinajstić information content (AvgIpc) is 2.62. The molecule has 9 nitrogen and oxygen atoms in total. The standard InChI is InChI=1S/C16H10Cl2F3N3O6/c1-2-30-15(25)22(12-4-3-8(17)5-11(12)18)14-10(16(19,20)21)6-9(23(26)27)7-13(14)24(28)29/h3-7H,2H2,1H3. The lowest BCUT2D eigenvalue weighted by atomic mass is 10.1. The second kappa shape index (κ2) is 8.71. The number of nitro benzene ring substituents is 2. The number of alkyl halides is 3. The van der Waals surface area contributed by atoms with Crippen LogP contribution in [0.25, 0.3) is 0 Å². The van der Waals surface area contributed by atoms with Crippen molar-refractivity contribution in [1.29, 1.82) is 0 Å². The van der Waals surface area contributed by atoms with Crippen molar-refractivity contribution in [1.82, 2.24) is 0 Å². The van der Waals surface area contributed by atoms with Gasteiger partial charge in [0, 0.05) is 11.1 Å². The molecule has 14 heteroatoms. The summed E-state index contributed by atoms with van der Waals surface area (Å²) in [4.78, 5) is 32.8. The Labute approximate surface area is 175 Å². The highest BCUT2D eigenvalue weighted by molar-refractivity contribution is 6.37. The molecule has 30 heavy (non-hydrogen) atoms. The zero-order chi connectivity index (χ0) is 22.8. The number of amides is 1. The van der Waals surface area contributed by atoms with Gasteiger partial charge in [0.1, 0.15) is 5.69 Å². The van der Waals surface area contributed by atoms with Gasteiger partial charge in [-0.1, -0.05) is 23.2 Å². The van der Waals surface area contributed by atoms with E-state index in [9.17, 15) is 38.2 Å². The second-order valence-corrected chi connectivity index (χ2v) is 6.35. The van der Waals surface area contributed by atoms with Crippen LogP contribution in [0.15, 0.2) is 30.3 Å². The first-order valence-electron chi connectivity index (χ1n) is 7.84. The zero-order valence-corrected chi connectivity index (χ0v) is 16.3. The van der Waals surface area contributed by atoms with Crippen LogP contribution < -0.4 is 4.90 Å². The van der Waals surface area contributed by atoms with Crippen molar-refractivity contribution in [3.8, 4) is 0 Å². The fourth-order valence-electron chi connectivity index (χ4n) is 2.46. The summed E-state index contributed by atoms with van der Waals surface area (Å²) < 4.78 is 46.0. The number of nitrogens with zero attached hydrogens (tertiary/aromatic N) is 3. The molecule has 0 saturated carbocycles. The summed E-state index contributed by atoms with van der Waals surface area (Å²) in [7, 11) is 0. The van der Waals surface area contributed by atoms with Crippen LogP contribution in [0.4, 0.5) is 40.7 Å². The summed E-state index contributed by atoms with van der Waals surface area (Å²) in [5.41, 5.74) is -6.05. The van der Waals surface area contributed by atoms with Crippen molar-refractivity contribution in [2.24, 2.45) is 0 Å². The third-order valence-electron chi connectivity index (χ3n) is 3.61. The van der Waals surface area contributed by atoms with Crippen LogP contribution in [-0.4, -0.2) is 22.5 Å². The molecule has 1 amide bonds. The SMILES string of the molecule is CCOC(=O)N(c1ccc(Cl)cc1Cl)c1c([N+](=O)[O-])cc([N+](=O)[O-])cc1C(F)(F)F. The number of nitro groups is 2. The lowest BCUT2D eigenvalue weighted by Gasteiger charge is -2.25. The molecule has 160 valence electrons. The van der Waals surface area contributed by atoms with Crippen molar-refractivity contribution >= 4 is 52.0 Å². The molecule has 2 aromatic rings. The molecule has 0 aliphatic carbocycles. The van der Waals surface area contributed by atoms with Crippen molar-refractivity contribution in [2.75, 3.05) is 11.5 Å². The number of benzene rings is 2. The Balaban J connectivity index is 3.00. The first-order chi connectivity index (χ1) is 13.9. The van der Waals surface area contributed by atoms with Crippen LogP contribution >= 0.6 is 23.2 Å². The quantitative estimate of drug-likeness (QED) is 0.386. The van der Waals surface area contributed by atoms with Gasteiger partial charge in [0.05, 0.1) is 38.8 Å². The zero-order valence-electron chi connectivity index (χ0n) is 14.8. The highest BCUT2D eigenvalue weighted by Gasteiger charge is 2.44. The molecule has 0 fully saturated rings. The minimum atomic E-state index is -5.31. The minimum absolute atomic E-state index is 0.0711. The number of anilines is 2. The highest BCUT2D eigenvalue weighted by Crippen LogP contribution is 2.48. The van der Waals surface area contributed by atoms with E-state index in [1.807, 2.05) is 0 Å². The van der Waals surface area contributed by atoms with E-state index in [1.54, 1.807) is 0 Å². The van der Waals surface area contributed by atoms with Crippen molar-refractivity contribution in [2.45, 2.75) is 13.1 Å². The Morgan fingerprint density at radius 2 is 1.77 bits per heavy atom. The van der Waals surface area contributed by atoms with Gasteiger partial charge in [-0.3, -0.25) is 20.2 Å². The molecule has 0 aliphatic rings. The molecule has 0 bridgehead atoms. The number of non-ortho nitro benzene ring substituents is 1. The third kappa shape index (κ3) is 4.71. The maximum absolute atomic E-state index is 13.7. The Kier molecular flexibility index (Phi) is 6.73. The van der Waals surface area contributed by atoms with Crippen molar-refractivity contribution in [3.63, 3.8) is 0 Å². The van der Waals surface area contributed by atoms with Gasteiger partial charge in [-0.05, 0) is 25.1 Å². The number of rotatable bonds is 5. The van der Waals surface area contributed by atoms with Crippen LogP contribution in [0.2, 0.25) is 10.0 Å². The molecule has 0 atom stereocenters. The van der Waals surface area contributed by atoms with Crippen molar-refractivity contribution in [3.05, 3.63) is 66.2 Å². The predicted octanol–water partition coefficient (Wildman–Crippen LogP) is 6.12. The summed E-state index contributed by atoms with van der Waals surface area (Å²) in [5, 5.41) is 22.3. The fourth-order valence-corrected chi connectivity index (χ4v) is 2.95. The first-order valence-corrected chi connectivity index (χ1v) is 8.60. The van der Waals surface area contributed by atoms with Crippen LogP contribution in [0.3, 0.4) is 0 Å². The van der Waals surface area contributed by atoms with Gasteiger partial charge in [-0.15, -0.1) is 0 Å². The molecular formula is C16H10Cl2F3N3O6. The Hall–Kier alpha value is -3.12. The van der Waals surface area contributed by atoms with Crippen LogP contribution in [-0.2, 0) is 10.9 Å². The first kappa shape index (κ1) is 23.2. The molecule has 0 saturated heterocycles. The van der Waals surface area contributed by atoms with E-state index in [2.05, 4.69) is 0 Å². The number of hydrogen-bond acceptors (Lipinski definition) is 6. The maximum Gasteiger partial charge on any atom is 0.419 e. The molecule has 0 heterocycles. The van der Waals surface area contributed by atoms with Crippen molar-refractivity contribution < 1.29 is 32.5 Å². The van der Waals surface area contributed by atoms with E-state index in [-0.39, 0.29) is 27.6 Å². The number of ether oxygens (including phenoxy) is 1. The third-order valence-corrected chi connectivity index (χ3v) is 4.15. The predicted molar refractivity (Wildman–Crippen MR) is 100 cm³/mol. The molecule has 2 rings (SSSR count). The number of carbonyl (C=O) groups is 1. The van der Waals surface area contributed by atoms with Gasteiger partial charge < -0.3 is 4.74 Å². The molecule has 0 spiro atoms. The van der Waals surface area contributed by atoms with E-state index in [0.29, 0.717) is 6.07 Å². The van der Waals surface area contributed by atoms with Crippen LogP contribution in [0.5, 0.6) is 0 Å². The van der Waals surface area contributed by atoms with E-state index in [0.717, 1.165) is 12.1 Å². The topological polar surface area (TPSA) is 116 Å². The Bertz CT molecular complexity index is 1030. The van der Waals surface area contributed by atoms with E-state index in [1.165, 1.54) is 13.0 Å². The summed E-state index contributed by atoms with van der Waals surface area (Å²) in [6.07, 6.45) is -6.74. The lowest BCUT2D eigenvalue weighted by molar-refractivity contribution is -0.394. The Morgan fingerprint density at radius 3 is 2.23 bits per heavy atom. The summed E-state index contributed by atoms with van der Waals surface area (Å²) >= 11 is 11.8. The number of halogens is 5. The number of hydrogen-bond donors (Lipinski definition) is 0. The fraction of sp³-hybridized carbons (Fsp3) is 0.188. The smallest absolute Gasteiger partial charge is 0.419 e. The normalized spacial score (nSPS) is 11.1. The maximum atomic E-state index is 13.7. The van der Waals surface area contributed by atoms with Gasteiger partial charge in [0.25, 0.3) is 5.69 Å². The molecule has 0 aromatic heterocycles. The Morgan fingerprint density at radius 1 is 1.13 bits per heavy atom. The van der Waals surface area contributed by atoms with E-state index in [4.69, 9.17) is 27.9 Å². The molecule has 0 N–H and O–H groups in total. The lowest BCUT2D eigenvalue weighted by Crippen LogP contribution is -2.30. The van der Waals surface area contributed by atoms with Gasteiger partial charge in [-0.25, -0.2) is 9.69 Å². The molecule has 0 aliphatic heterocycles. The summed E-state index contributed by atoms with van der Waals surface area (Å²) in [6, 6.07) is 3.71. The van der Waals surface area contributed by atoms with Gasteiger partial charge in [-0.2, -0.15) is 13.2 Å². The second-order valence-electron chi connectivity index (χ2n) is 5.50. The van der Waals surface area contributed by atoms with E-state index >= 15 is 0 Å². The van der Waals surface area contributed by atoms with Gasteiger partial charge in [0.2, 0.25) is 0 Å². The summed E-state index contributed by atoms with van der Waals surface area (Å²) in [6.45, 7) is 1.07. The van der Waals surface area contributed by atoms with Gasteiger partial charge in [0.15, 0.2) is 0 Å². The largest absolute Gasteiger partial charge is 0.449 e. The van der Waals surface area contributed by atoms with Gasteiger partial charge >= 0.3 is 18.0 Å². The molecular weight excluding hydrogens is 458 g/mol. The van der Waals surface area contributed by atoms with E-state index < -0.39 is 50.4 Å². The summed E-state index contributed by atoms with van der Waals surface area (Å²) in [5.74, 6) is 0. The monoisotopic (exact) mass is 467 g/mol. The highest BCUT2D eigenvalue weighted by atomic mass is 35.5. The molecule has 0 radical (unpaired) electrons. The minimum Gasteiger partial charge on any atom is -0.449 e. The van der Waals surface area contributed by atoms with Crippen LogP contribution in [0.1, 0.15) is 12.5 Å². The number of carbonyl (C=O) groups excluding carboxylic acids is 1. The molecule has 2 aromatic carbocycles. The van der Waals surface area contributed by atoms with Crippen LogP contribution in [0, 0.1) is 20.2 Å². The molecule has 0 unspecified atom stereocenters. The average molecular weight is 468 g/mol.